The Kier molecular flexibility index (Phi) is 3.19. The van der Waals surface area contributed by atoms with Gasteiger partial charge in [0.2, 0.25) is 0 Å². The van der Waals surface area contributed by atoms with Crippen LogP contribution in [0.3, 0.4) is 0 Å². The van der Waals surface area contributed by atoms with Crippen LogP contribution in [0.4, 0.5) is 4.39 Å². The Hall–Kier alpha value is -1.42. The summed E-state index contributed by atoms with van der Waals surface area (Å²) in [6.07, 6.45) is 0. The fourth-order valence-electron chi connectivity index (χ4n) is 1.25. The molecule has 1 aromatic rings. The van der Waals surface area contributed by atoms with Gasteiger partial charge in [-0.05, 0) is 31.7 Å². The van der Waals surface area contributed by atoms with Gasteiger partial charge in [0.25, 0.3) is 0 Å². The Morgan fingerprint density at radius 3 is 2.71 bits per heavy atom. The van der Waals surface area contributed by atoms with Crippen LogP contribution in [-0.2, 0) is 0 Å². The van der Waals surface area contributed by atoms with E-state index in [1.54, 1.807) is 7.05 Å². The van der Waals surface area contributed by atoms with Gasteiger partial charge >= 0.3 is 5.97 Å². The topological polar surface area (TPSA) is 49.3 Å². The summed E-state index contributed by atoms with van der Waals surface area (Å²) >= 11 is 0. The predicted molar refractivity (Wildman–Crippen MR) is 50.8 cm³/mol. The van der Waals surface area contributed by atoms with Crippen molar-refractivity contribution < 1.29 is 14.3 Å². The van der Waals surface area contributed by atoms with Crippen LogP contribution in [0.25, 0.3) is 0 Å². The molecule has 0 saturated carbocycles. The minimum atomic E-state index is -1.11. The van der Waals surface area contributed by atoms with Crippen LogP contribution in [0.1, 0.15) is 28.9 Å². The third-order valence-corrected chi connectivity index (χ3v) is 2.15. The summed E-state index contributed by atoms with van der Waals surface area (Å²) in [6.45, 7) is 1.82. The average Bonchev–Trinajstić information content (AvgIpc) is 2.16. The first-order chi connectivity index (χ1) is 6.56. The summed E-state index contributed by atoms with van der Waals surface area (Å²) in [4.78, 5) is 10.8. The normalized spacial score (nSPS) is 12.5. The largest absolute Gasteiger partial charge is 0.478 e. The van der Waals surface area contributed by atoms with Gasteiger partial charge in [-0.25, -0.2) is 9.18 Å². The number of rotatable bonds is 3. The van der Waals surface area contributed by atoms with Gasteiger partial charge in [0.05, 0.1) is 5.56 Å². The highest BCUT2D eigenvalue weighted by atomic mass is 19.1. The summed E-state index contributed by atoms with van der Waals surface area (Å²) in [5, 5.41) is 11.8. The minimum Gasteiger partial charge on any atom is -0.478 e. The van der Waals surface area contributed by atoms with Crippen LogP contribution in [0, 0.1) is 5.82 Å². The van der Waals surface area contributed by atoms with E-state index in [4.69, 9.17) is 5.11 Å². The first-order valence-electron chi connectivity index (χ1n) is 4.26. The van der Waals surface area contributed by atoms with Crippen molar-refractivity contribution in [1.82, 2.24) is 5.32 Å². The van der Waals surface area contributed by atoms with Gasteiger partial charge in [-0.1, -0.05) is 6.07 Å². The van der Waals surface area contributed by atoms with E-state index >= 15 is 0 Å². The molecule has 3 nitrogen and oxygen atoms in total. The predicted octanol–water partition coefficient (Wildman–Crippen LogP) is 1.80. The number of benzene rings is 1. The molecule has 0 aromatic heterocycles. The molecule has 0 aliphatic heterocycles. The highest BCUT2D eigenvalue weighted by Crippen LogP contribution is 2.18. The first-order valence-corrected chi connectivity index (χ1v) is 4.26. The molecule has 0 bridgehead atoms. The Morgan fingerprint density at radius 2 is 2.21 bits per heavy atom. The first kappa shape index (κ1) is 10.7. The maximum atomic E-state index is 12.8. The fourth-order valence-corrected chi connectivity index (χ4v) is 1.25. The molecule has 1 rings (SSSR count). The lowest BCUT2D eigenvalue weighted by Crippen LogP contribution is -2.16. The van der Waals surface area contributed by atoms with Crippen LogP contribution in [0.5, 0.6) is 0 Å². The van der Waals surface area contributed by atoms with Gasteiger partial charge in [0.15, 0.2) is 0 Å². The lowest BCUT2D eigenvalue weighted by molar-refractivity contribution is 0.0694. The molecule has 14 heavy (non-hydrogen) atoms. The molecule has 0 heterocycles. The van der Waals surface area contributed by atoms with Gasteiger partial charge in [0, 0.05) is 6.04 Å². The second kappa shape index (κ2) is 4.19. The molecule has 0 saturated heterocycles. The Labute approximate surface area is 81.6 Å². The molecule has 1 aromatic carbocycles. The molecule has 4 heteroatoms. The monoisotopic (exact) mass is 197 g/mol. The summed E-state index contributed by atoms with van der Waals surface area (Å²) < 4.78 is 12.8. The van der Waals surface area contributed by atoms with Crippen molar-refractivity contribution in [2.75, 3.05) is 7.05 Å². The Morgan fingerprint density at radius 1 is 1.57 bits per heavy atom. The van der Waals surface area contributed by atoms with Crippen molar-refractivity contribution in [3.63, 3.8) is 0 Å². The fraction of sp³-hybridized carbons (Fsp3) is 0.300. The molecule has 1 unspecified atom stereocenters. The summed E-state index contributed by atoms with van der Waals surface area (Å²) in [6, 6.07) is 3.67. The number of aromatic carboxylic acids is 1. The maximum absolute atomic E-state index is 12.8. The molecular formula is C10H12FNO2. The number of carbonyl (C=O) groups is 1. The van der Waals surface area contributed by atoms with Crippen LogP contribution in [-0.4, -0.2) is 18.1 Å². The van der Waals surface area contributed by atoms with E-state index in [2.05, 4.69) is 5.32 Å². The average molecular weight is 197 g/mol. The number of nitrogens with one attached hydrogen (secondary N) is 1. The number of hydrogen-bond acceptors (Lipinski definition) is 2. The van der Waals surface area contributed by atoms with Crippen molar-refractivity contribution >= 4 is 5.97 Å². The SMILES string of the molecule is CNC(C)c1ccc(F)cc1C(=O)O. The number of carboxylic acid groups (broad SMARTS) is 1. The maximum Gasteiger partial charge on any atom is 0.336 e. The minimum absolute atomic E-state index is 0.00634. The molecule has 0 spiro atoms. The highest BCUT2D eigenvalue weighted by Gasteiger charge is 2.14. The lowest BCUT2D eigenvalue weighted by atomic mass is 10.0. The summed E-state index contributed by atoms with van der Waals surface area (Å²) in [5.74, 6) is -1.64. The molecule has 76 valence electrons. The highest BCUT2D eigenvalue weighted by molar-refractivity contribution is 5.89. The molecule has 0 aliphatic carbocycles. The number of carboxylic acids is 1. The zero-order chi connectivity index (χ0) is 10.7. The van der Waals surface area contributed by atoms with Gasteiger partial charge < -0.3 is 10.4 Å². The molecule has 0 radical (unpaired) electrons. The van der Waals surface area contributed by atoms with Crippen LogP contribution in [0.15, 0.2) is 18.2 Å². The van der Waals surface area contributed by atoms with E-state index in [1.165, 1.54) is 12.1 Å². The molecule has 0 aliphatic rings. The lowest BCUT2D eigenvalue weighted by Gasteiger charge is -2.13. The van der Waals surface area contributed by atoms with Gasteiger partial charge in [-0.2, -0.15) is 0 Å². The second-order valence-electron chi connectivity index (χ2n) is 3.05. The van der Waals surface area contributed by atoms with E-state index in [1.807, 2.05) is 6.92 Å². The summed E-state index contributed by atoms with van der Waals surface area (Å²) in [7, 11) is 1.72. The third kappa shape index (κ3) is 2.09. The van der Waals surface area contributed by atoms with E-state index in [0.29, 0.717) is 5.56 Å². The zero-order valence-corrected chi connectivity index (χ0v) is 8.04. The van der Waals surface area contributed by atoms with Crippen molar-refractivity contribution in [2.45, 2.75) is 13.0 Å². The van der Waals surface area contributed by atoms with Gasteiger partial charge in [0.1, 0.15) is 5.82 Å². The molecule has 0 amide bonds. The third-order valence-electron chi connectivity index (χ3n) is 2.15. The Balaban J connectivity index is 3.21. The number of halogens is 1. The van der Waals surface area contributed by atoms with E-state index in [0.717, 1.165) is 6.07 Å². The van der Waals surface area contributed by atoms with Gasteiger partial charge in [-0.15, -0.1) is 0 Å². The number of hydrogen-bond donors (Lipinski definition) is 2. The van der Waals surface area contributed by atoms with E-state index < -0.39 is 11.8 Å². The van der Waals surface area contributed by atoms with Crippen LogP contribution >= 0.6 is 0 Å². The molecule has 0 fully saturated rings. The van der Waals surface area contributed by atoms with Crippen LogP contribution in [0.2, 0.25) is 0 Å². The Bertz CT molecular complexity index is 352. The quantitative estimate of drug-likeness (QED) is 0.776. The standard InChI is InChI=1S/C10H12FNO2/c1-6(12-2)8-4-3-7(11)5-9(8)10(13)14/h3-6,12H,1-2H3,(H,13,14). The van der Waals surface area contributed by atoms with Crippen LogP contribution < -0.4 is 5.32 Å². The van der Waals surface area contributed by atoms with Gasteiger partial charge in [-0.3, -0.25) is 0 Å². The molecule has 1 atom stereocenters. The molecule has 2 N–H and O–H groups in total. The van der Waals surface area contributed by atoms with Crippen molar-refractivity contribution in [3.8, 4) is 0 Å². The second-order valence-corrected chi connectivity index (χ2v) is 3.05. The van der Waals surface area contributed by atoms with Crippen molar-refractivity contribution in [1.29, 1.82) is 0 Å². The van der Waals surface area contributed by atoms with Crippen molar-refractivity contribution in [3.05, 3.63) is 35.1 Å². The smallest absolute Gasteiger partial charge is 0.336 e. The zero-order valence-electron chi connectivity index (χ0n) is 8.04. The van der Waals surface area contributed by atoms with E-state index in [-0.39, 0.29) is 11.6 Å². The summed E-state index contributed by atoms with van der Waals surface area (Å²) in [5.41, 5.74) is 0.591. The van der Waals surface area contributed by atoms with Crippen molar-refractivity contribution in [2.24, 2.45) is 0 Å². The molecular weight excluding hydrogens is 185 g/mol. The van der Waals surface area contributed by atoms with E-state index in [9.17, 15) is 9.18 Å².